The van der Waals surface area contributed by atoms with E-state index >= 15 is 0 Å². The number of benzene rings is 1. The van der Waals surface area contributed by atoms with E-state index in [2.05, 4.69) is 15.8 Å². The van der Waals surface area contributed by atoms with E-state index < -0.39 is 0 Å². The molecule has 0 amide bonds. The summed E-state index contributed by atoms with van der Waals surface area (Å²) in [5.74, 6) is -0.175. The molecule has 2 heterocycles. The highest BCUT2D eigenvalue weighted by Crippen LogP contribution is 2.23. The Morgan fingerprint density at radius 3 is 3.00 bits per heavy atom. The Morgan fingerprint density at radius 2 is 2.19 bits per heavy atom. The quantitative estimate of drug-likeness (QED) is 0.594. The highest BCUT2D eigenvalue weighted by atomic mass is 79.9. The van der Waals surface area contributed by atoms with Crippen LogP contribution in [-0.4, -0.2) is 29.4 Å². The van der Waals surface area contributed by atoms with Crippen LogP contribution in [-0.2, 0) is 6.42 Å². The summed E-state index contributed by atoms with van der Waals surface area (Å²) < 4.78 is 15.3. The second kappa shape index (κ2) is 4.01. The fourth-order valence-electron chi connectivity index (χ4n) is 2.16. The van der Waals surface area contributed by atoms with Gasteiger partial charge in [-0.3, -0.25) is 0 Å². The smallest absolute Gasteiger partial charge is 0.172 e. The molecule has 1 aliphatic heterocycles. The Hall–Kier alpha value is -1.16. The molecule has 4 heteroatoms. The van der Waals surface area contributed by atoms with Crippen molar-refractivity contribution < 1.29 is 25.9 Å². The van der Waals surface area contributed by atoms with E-state index in [0.29, 0.717) is 0 Å². The number of nitrogens with zero attached hydrogens (tertiary/aromatic N) is 1. The summed E-state index contributed by atoms with van der Waals surface area (Å²) in [5.41, 5.74) is 3.37. The van der Waals surface area contributed by atoms with Crippen molar-refractivity contribution in [2.75, 3.05) is 13.6 Å². The van der Waals surface area contributed by atoms with E-state index in [0.717, 1.165) is 29.4 Å². The number of nitrogens with one attached hydrogen (secondary N) is 1. The Morgan fingerprint density at radius 1 is 1.38 bits per heavy atom. The third-order valence-electron chi connectivity index (χ3n) is 2.95. The predicted molar refractivity (Wildman–Crippen MR) is 58.2 cm³/mol. The average molecular weight is 283 g/mol. The molecule has 1 aromatic carbocycles. The van der Waals surface area contributed by atoms with Crippen LogP contribution < -0.4 is 17.0 Å². The molecule has 1 aromatic heterocycles. The number of likely N-dealkylation sites (N-methyl/N-ethyl adjacent to an activating group) is 1. The molecule has 0 unspecified atom stereocenters. The fraction of sp³-hybridized carbons (Fsp3) is 0.250. The van der Waals surface area contributed by atoms with Gasteiger partial charge >= 0.3 is 0 Å². The second-order valence-corrected chi connectivity index (χ2v) is 4.07. The van der Waals surface area contributed by atoms with Gasteiger partial charge in [0.15, 0.2) is 6.21 Å². The number of aromatic amines is 1. The normalized spacial score (nSPS) is 14.2. The molecule has 0 atom stereocenters. The minimum absolute atomic E-state index is 0. The molecule has 0 spiro atoms. The number of hydrogen-bond donors (Lipinski definition) is 1. The Labute approximate surface area is 104 Å². The van der Waals surface area contributed by atoms with E-state index in [9.17, 15) is 4.39 Å². The first kappa shape index (κ1) is 11.3. The molecule has 0 saturated carbocycles. The van der Waals surface area contributed by atoms with Gasteiger partial charge in [0, 0.05) is 23.0 Å². The molecule has 2 aromatic rings. The van der Waals surface area contributed by atoms with Gasteiger partial charge in [0.25, 0.3) is 0 Å². The maximum Gasteiger partial charge on any atom is 0.172 e. The van der Waals surface area contributed by atoms with Gasteiger partial charge in [-0.15, -0.1) is 0 Å². The van der Waals surface area contributed by atoms with Gasteiger partial charge in [0.2, 0.25) is 0 Å². The van der Waals surface area contributed by atoms with Crippen molar-refractivity contribution in [3.8, 4) is 0 Å². The van der Waals surface area contributed by atoms with Crippen LogP contribution in [0.5, 0.6) is 0 Å². The fourth-order valence-corrected chi connectivity index (χ4v) is 2.16. The van der Waals surface area contributed by atoms with Crippen molar-refractivity contribution in [3.05, 3.63) is 35.3 Å². The van der Waals surface area contributed by atoms with Crippen LogP contribution in [0.1, 0.15) is 11.3 Å². The van der Waals surface area contributed by atoms with Crippen LogP contribution in [0.2, 0.25) is 0 Å². The SMILES string of the molecule is C[N+]1=Cc2c([nH]c3ccc(F)cc23)CC1.[Br-]. The van der Waals surface area contributed by atoms with E-state index in [1.54, 1.807) is 12.1 Å². The molecule has 0 fully saturated rings. The zero-order valence-electron chi connectivity index (χ0n) is 8.93. The van der Waals surface area contributed by atoms with Crippen molar-refractivity contribution in [1.29, 1.82) is 0 Å². The summed E-state index contributed by atoms with van der Waals surface area (Å²) >= 11 is 0. The largest absolute Gasteiger partial charge is 1.00 e. The van der Waals surface area contributed by atoms with Crippen molar-refractivity contribution >= 4 is 17.1 Å². The summed E-state index contributed by atoms with van der Waals surface area (Å²) in [6.45, 7) is 1.02. The zero-order chi connectivity index (χ0) is 10.4. The number of halogens is 2. The lowest BCUT2D eigenvalue weighted by Gasteiger charge is -2.04. The third-order valence-corrected chi connectivity index (χ3v) is 2.95. The first-order chi connectivity index (χ1) is 7.24. The first-order valence-electron chi connectivity index (χ1n) is 5.09. The second-order valence-electron chi connectivity index (χ2n) is 4.07. The molecule has 84 valence electrons. The topological polar surface area (TPSA) is 18.8 Å². The van der Waals surface area contributed by atoms with E-state index in [1.807, 2.05) is 7.05 Å². The van der Waals surface area contributed by atoms with Gasteiger partial charge in [-0.25, -0.2) is 8.97 Å². The maximum absolute atomic E-state index is 13.1. The molecular weight excluding hydrogens is 271 g/mol. The molecule has 1 N–H and O–H groups in total. The number of fused-ring (bicyclic) bond motifs is 3. The van der Waals surface area contributed by atoms with Crippen molar-refractivity contribution in [3.63, 3.8) is 0 Å². The van der Waals surface area contributed by atoms with Crippen LogP contribution in [0, 0.1) is 5.82 Å². The van der Waals surface area contributed by atoms with Crippen molar-refractivity contribution in [2.24, 2.45) is 0 Å². The number of hydrogen-bond acceptors (Lipinski definition) is 0. The summed E-state index contributed by atoms with van der Waals surface area (Å²) in [6, 6.07) is 4.89. The Balaban J connectivity index is 0.000000963. The monoisotopic (exact) mass is 282 g/mol. The van der Waals surface area contributed by atoms with E-state index in [1.165, 1.54) is 11.8 Å². The predicted octanol–water partition coefficient (Wildman–Crippen LogP) is -1.07. The zero-order valence-corrected chi connectivity index (χ0v) is 10.5. The lowest BCUT2D eigenvalue weighted by Crippen LogP contribution is -3.00. The van der Waals surface area contributed by atoms with Crippen LogP contribution >= 0.6 is 0 Å². The first-order valence-corrected chi connectivity index (χ1v) is 5.09. The summed E-state index contributed by atoms with van der Waals surface area (Å²) in [4.78, 5) is 3.34. The van der Waals surface area contributed by atoms with Gasteiger partial charge in [-0.05, 0) is 18.2 Å². The maximum atomic E-state index is 13.1. The highest BCUT2D eigenvalue weighted by molar-refractivity contribution is 5.99. The summed E-state index contributed by atoms with van der Waals surface area (Å²) in [7, 11) is 2.04. The molecule has 0 aliphatic carbocycles. The number of rotatable bonds is 0. The molecule has 16 heavy (non-hydrogen) atoms. The molecule has 0 radical (unpaired) electrons. The lowest BCUT2D eigenvalue weighted by atomic mass is 10.1. The van der Waals surface area contributed by atoms with Crippen LogP contribution in [0.15, 0.2) is 18.2 Å². The Bertz CT molecular complexity index is 572. The minimum atomic E-state index is -0.175. The summed E-state index contributed by atoms with van der Waals surface area (Å²) in [5, 5.41) is 0.983. The van der Waals surface area contributed by atoms with Gasteiger partial charge < -0.3 is 22.0 Å². The van der Waals surface area contributed by atoms with Crippen LogP contribution in [0.3, 0.4) is 0 Å². The van der Waals surface area contributed by atoms with E-state index in [4.69, 9.17) is 0 Å². The third kappa shape index (κ3) is 1.67. The number of H-pyrrole nitrogens is 1. The van der Waals surface area contributed by atoms with Gasteiger partial charge in [-0.1, -0.05) is 0 Å². The standard InChI is InChI=1S/C12H11FN2.BrH/c1-15-5-4-12-10(7-15)9-6-8(13)2-3-11(9)14-12;/h2-3,6-7H,4-5H2,1H3;1H. The Kier molecular flexibility index (Phi) is 2.84. The van der Waals surface area contributed by atoms with Crippen LogP contribution in [0.4, 0.5) is 4.39 Å². The van der Waals surface area contributed by atoms with Crippen molar-refractivity contribution in [1.82, 2.24) is 4.98 Å². The van der Waals surface area contributed by atoms with E-state index in [-0.39, 0.29) is 22.8 Å². The summed E-state index contributed by atoms with van der Waals surface area (Å²) in [6.07, 6.45) is 3.08. The molecule has 0 saturated heterocycles. The van der Waals surface area contributed by atoms with Gasteiger partial charge in [0.1, 0.15) is 19.4 Å². The van der Waals surface area contributed by atoms with Gasteiger partial charge in [0.05, 0.1) is 5.56 Å². The number of aromatic nitrogens is 1. The molecular formula is C12H12BrFN2. The molecule has 1 aliphatic rings. The average Bonchev–Trinajstić information content (AvgIpc) is 2.56. The highest BCUT2D eigenvalue weighted by Gasteiger charge is 2.18. The minimum Gasteiger partial charge on any atom is -1.00 e. The lowest BCUT2D eigenvalue weighted by molar-refractivity contribution is -0.493. The molecule has 0 bridgehead atoms. The van der Waals surface area contributed by atoms with Crippen molar-refractivity contribution in [2.45, 2.75) is 6.42 Å². The molecule has 2 nitrogen and oxygen atoms in total. The van der Waals surface area contributed by atoms with Crippen LogP contribution in [0.25, 0.3) is 10.9 Å². The van der Waals surface area contributed by atoms with Gasteiger partial charge in [-0.2, -0.15) is 0 Å². The molecule has 3 rings (SSSR count).